The van der Waals surface area contributed by atoms with Crippen molar-refractivity contribution in [2.75, 3.05) is 12.3 Å². The van der Waals surface area contributed by atoms with Crippen LogP contribution in [0.4, 0.5) is 5.82 Å². The first kappa shape index (κ1) is 12.3. The number of aromatic nitrogens is 2. The Labute approximate surface area is 95.3 Å². The summed E-state index contributed by atoms with van der Waals surface area (Å²) in [5, 5.41) is 6.52. The van der Waals surface area contributed by atoms with Crippen molar-refractivity contribution in [2.24, 2.45) is 0 Å². The number of aryl methyl sites for hydroxylation is 1. The molecule has 0 aliphatic rings. The highest BCUT2D eigenvalue weighted by Gasteiger charge is 2.23. The molecule has 3 N–H and O–H groups in total. The van der Waals surface area contributed by atoms with E-state index in [-0.39, 0.29) is 17.8 Å². The van der Waals surface area contributed by atoms with Gasteiger partial charge >= 0.3 is 0 Å². The van der Waals surface area contributed by atoms with Crippen LogP contribution in [0.5, 0.6) is 0 Å². The topological polar surface area (TPSA) is 75.0 Å². The fraction of sp³-hybridized carbons (Fsp3) is 0.455. The van der Waals surface area contributed by atoms with Crippen molar-refractivity contribution in [1.29, 1.82) is 0 Å². The van der Waals surface area contributed by atoms with Crippen LogP contribution >= 0.6 is 0 Å². The van der Waals surface area contributed by atoms with E-state index in [9.17, 15) is 4.79 Å². The van der Waals surface area contributed by atoms with Crippen LogP contribution in [0.25, 0.3) is 0 Å². The van der Waals surface area contributed by atoms with Crippen molar-refractivity contribution in [3.63, 3.8) is 0 Å². The molecular weight excluding hydrogens is 204 g/mol. The van der Waals surface area contributed by atoms with Gasteiger partial charge in [-0.05, 0) is 20.8 Å². The maximum absolute atomic E-state index is 12.2. The zero-order valence-corrected chi connectivity index (χ0v) is 9.95. The van der Waals surface area contributed by atoms with Crippen molar-refractivity contribution in [2.45, 2.75) is 26.8 Å². The second-order valence-corrected chi connectivity index (χ2v) is 3.95. The molecule has 0 spiro atoms. The summed E-state index contributed by atoms with van der Waals surface area (Å²) in [4.78, 5) is 13.9. The van der Waals surface area contributed by atoms with E-state index in [0.29, 0.717) is 17.8 Å². The molecule has 0 unspecified atom stereocenters. The molecule has 0 saturated carbocycles. The monoisotopic (exact) mass is 222 g/mol. The highest BCUT2D eigenvalue weighted by molar-refractivity contribution is 5.99. The number of rotatable bonds is 4. The molecule has 0 aliphatic heterocycles. The first-order chi connectivity index (χ1) is 7.49. The third kappa shape index (κ3) is 2.24. The number of nitrogens with zero attached hydrogens (tertiary/aromatic N) is 2. The van der Waals surface area contributed by atoms with Crippen LogP contribution in [-0.2, 0) is 0 Å². The van der Waals surface area contributed by atoms with Crippen LogP contribution < -0.4 is 5.73 Å². The molecule has 0 atom stereocenters. The van der Waals surface area contributed by atoms with Gasteiger partial charge in [-0.15, -0.1) is 6.58 Å². The Morgan fingerprint density at radius 1 is 1.69 bits per heavy atom. The molecule has 0 saturated heterocycles. The summed E-state index contributed by atoms with van der Waals surface area (Å²) >= 11 is 0. The van der Waals surface area contributed by atoms with Gasteiger partial charge in [-0.3, -0.25) is 9.89 Å². The van der Waals surface area contributed by atoms with Gasteiger partial charge in [-0.1, -0.05) is 6.08 Å². The molecule has 0 aromatic carbocycles. The number of carbonyl (C=O) groups is 1. The van der Waals surface area contributed by atoms with Crippen molar-refractivity contribution in [1.82, 2.24) is 15.1 Å². The third-order valence-corrected chi connectivity index (χ3v) is 2.40. The molecular formula is C11H18N4O. The molecule has 1 heterocycles. The Balaban J connectivity index is 3.03. The van der Waals surface area contributed by atoms with Gasteiger partial charge in [0.1, 0.15) is 5.56 Å². The fourth-order valence-corrected chi connectivity index (χ4v) is 1.53. The molecule has 0 bridgehead atoms. The van der Waals surface area contributed by atoms with Gasteiger partial charge in [-0.25, -0.2) is 0 Å². The summed E-state index contributed by atoms with van der Waals surface area (Å²) in [6.07, 6.45) is 1.70. The predicted octanol–water partition coefficient (Wildman–Crippen LogP) is 1.34. The smallest absolute Gasteiger partial charge is 0.260 e. The van der Waals surface area contributed by atoms with E-state index in [1.807, 2.05) is 13.8 Å². The molecule has 5 nitrogen and oxygen atoms in total. The number of nitrogen functional groups attached to an aromatic ring is 1. The standard InChI is InChI=1S/C11H18N4O/c1-5-6-15(7(2)3)11(16)9-8(4)13-14-10(9)12/h5,7H,1,6H2,2-4H3,(H3,12,13,14). The molecule has 1 aromatic heterocycles. The SMILES string of the molecule is C=CCN(C(=O)c1c(N)n[nH]c1C)C(C)C. The quantitative estimate of drug-likeness (QED) is 0.755. The van der Waals surface area contributed by atoms with Crippen molar-refractivity contribution < 1.29 is 4.79 Å². The summed E-state index contributed by atoms with van der Waals surface area (Å²) in [5.41, 5.74) is 6.81. The summed E-state index contributed by atoms with van der Waals surface area (Å²) in [6.45, 7) is 9.83. The van der Waals surface area contributed by atoms with Gasteiger partial charge in [0.15, 0.2) is 5.82 Å². The van der Waals surface area contributed by atoms with Crippen LogP contribution in [0, 0.1) is 6.92 Å². The van der Waals surface area contributed by atoms with Crippen LogP contribution in [0.2, 0.25) is 0 Å². The lowest BCUT2D eigenvalue weighted by Crippen LogP contribution is -2.37. The maximum Gasteiger partial charge on any atom is 0.260 e. The lowest BCUT2D eigenvalue weighted by Gasteiger charge is -2.25. The van der Waals surface area contributed by atoms with Crippen LogP contribution in [-0.4, -0.2) is 33.6 Å². The van der Waals surface area contributed by atoms with E-state index < -0.39 is 0 Å². The predicted molar refractivity (Wildman–Crippen MR) is 64.1 cm³/mol. The van der Waals surface area contributed by atoms with Crippen LogP contribution in [0.3, 0.4) is 0 Å². The molecule has 16 heavy (non-hydrogen) atoms. The van der Waals surface area contributed by atoms with Crippen molar-refractivity contribution in [3.8, 4) is 0 Å². The first-order valence-corrected chi connectivity index (χ1v) is 5.21. The van der Waals surface area contributed by atoms with Crippen LogP contribution in [0.1, 0.15) is 29.9 Å². The summed E-state index contributed by atoms with van der Waals surface area (Å²) in [5.74, 6) is 0.135. The van der Waals surface area contributed by atoms with E-state index in [1.165, 1.54) is 0 Å². The normalized spacial score (nSPS) is 10.5. The Kier molecular flexibility index (Phi) is 3.71. The zero-order chi connectivity index (χ0) is 12.3. The Morgan fingerprint density at radius 2 is 2.31 bits per heavy atom. The number of anilines is 1. The van der Waals surface area contributed by atoms with Gasteiger partial charge < -0.3 is 10.6 Å². The number of H-pyrrole nitrogens is 1. The minimum atomic E-state index is -0.112. The molecule has 1 aromatic rings. The van der Waals surface area contributed by atoms with E-state index in [1.54, 1.807) is 17.9 Å². The Hall–Kier alpha value is -1.78. The maximum atomic E-state index is 12.2. The van der Waals surface area contributed by atoms with Crippen molar-refractivity contribution in [3.05, 3.63) is 23.9 Å². The van der Waals surface area contributed by atoms with Gasteiger partial charge in [0, 0.05) is 18.3 Å². The molecule has 0 fully saturated rings. The number of carbonyl (C=O) groups excluding carboxylic acids is 1. The molecule has 1 rings (SSSR count). The minimum Gasteiger partial charge on any atom is -0.382 e. The number of nitrogens with one attached hydrogen (secondary N) is 1. The fourth-order valence-electron chi connectivity index (χ4n) is 1.53. The van der Waals surface area contributed by atoms with Crippen molar-refractivity contribution >= 4 is 11.7 Å². The molecule has 0 aliphatic carbocycles. The first-order valence-electron chi connectivity index (χ1n) is 5.21. The summed E-state index contributed by atoms with van der Waals surface area (Å²) in [6, 6.07) is 0.0965. The van der Waals surface area contributed by atoms with Gasteiger partial charge in [-0.2, -0.15) is 5.10 Å². The van der Waals surface area contributed by atoms with E-state index in [4.69, 9.17) is 5.73 Å². The number of nitrogens with two attached hydrogens (primary N) is 1. The minimum absolute atomic E-state index is 0.0965. The summed E-state index contributed by atoms with van der Waals surface area (Å²) < 4.78 is 0. The lowest BCUT2D eigenvalue weighted by atomic mass is 10.2. The second kappa shape index (κ2) is 4.83. The van der Waals surface area contributed by atoms with E-state index in [2.05, 4.69) is 16.8 Å². The number of hydrogen-bond donors (Lipinski definition) is 2. The van der Waals surface area contributed by atoms with Gasteiger partial charge in [0.05, 0.1) is 0 Å². The Morgan fingerprint density at radius 3 is 2.69 bits per heavy atom. The van der Waals surface area contributed by atoms with E-state index >= 15 is 0 Å². The average molecular weight is 222 g/mol. The molecule has 0 radical (unpaired) electrons. The number of hydrogen-bond acceptors (Lipinski definition) is 3. The molecule has 5 heteroatoms. The van der Waals surface area contributed by atoms with Crippen LogP contribution in [0.15, 0.2) is 12.7 Å². The van der Waals surface area contributed by atoms with E-state index in [0.717, 1.165) is 0 Å². The Bertz CT molecular complexity index is 375. The van der Waals surface area contributed by atoms with Gasteiger partial charge in [0.25, 0.3) is 5.91 Å². The molecule has 1 amide bonds. The molecule has 88 valence electrons. The summed E-state index contributed by atoms with van der Waals surface area (Å²) in [7, 11) is 0. The third-order valence-electron chi connectivity index (χ3n) is 2.40. The zero-order valence-electron chi connectivity index (χ0n) is 9.95. The average Bonchev–Trinajstić information content (AvgIpc) is 2.54. The lowest BCUT2D eigenvalue weighted by molar-refractivity contribution is 0.0729. The highest BCUT2D eigenvalue weighted by atomic mass is 16.2. The second-order valence-electron chi connectivity index (χ2n) is 3.95. The van der Waals surface area contributed by atoms with Gasteiger partial charge in [0.2, 0.25) is 0 Å². The highest BCUT2D eigenvalue weighted by Crippen LogP contribution is 2.16. The number of aromatic amines is 1. The number of amides is 1. The largest absolute Gasteiger partial charge is 0.382 e.